The molecule has 118 valence electrons. The predicted molar refractivity (Wildman–Crippen MR) is 89.9 cm³/mol. The molecule has 0 bridgehead atoms. The highest BCUT2D eigenvalue weighted by Gasteiger charge is 2.05. The first-order valence-electron chi connectivity index (χ1n) is 7.61. The van der Waals surface area contributed by atoms with Gasteiger partial charge in [0.15, 0.2) is 6.61 Å². The molecule has 3 rings (SSSR count). The summed E-state index contributed by atoms with van der Waals surface area (Å²) >= 11 is 0. The van der Waals surface area contributed by atoms with Gasteiger partial charge in [0.05, 0.1) is 11.4 Å². The second kappa shape index (κ2) is 6.52. The number of benzene rings is 1. The van der Waals surface area contributed by atoms with Crippen LogP contribution in [0.15, 0.2) is 48.8 Å². The Balaban J connectivity index is 1.59. The average molecular weight is 309 g/mol. The summed E-state index contributed by atoms with van der Waals surface area (Å²) in [5.41, 5.74) is 3.75. The van der Waals surface area contributed by atoms with Crippen molar-refractivity contribution in [3.05, 3.63) is 60.0 Å². The number of fused-ring (bicyclic) bond motifs is 1. The Bertz CT molecular complexity index is 822. The lowest BCUT2D eigenvalue weighted by Crippen LogP contribution is -2.20. The molecule has 0 fully saturated rings. The van der Waals surface area contributed by atoms with Gasteiger partial charge in [-0.1, -0.05) is 19.1 Å². The van der Waals surface area contributed by atoms with Crippen LogP contribution in [-0.2, 0) is 11.2 Å². The molecule has 0 saturated heterocycles. The Morgan fingerprint density at radius 1 is 1.17 bits per heavy atom. The van der Waals surface area contributed by atoms with Gasteiger partial charge < -0.3 is 14.5 Å². The SMILES string of the molecule is CCc1ccc(OCC(=O)Nc2ccc3nc(C)cn3c2)cc1. The zero-order valence-electron chi connectivity index (χ0n) is 13.2. The van der Waals surface area contributed by atoms with Gasteiger partial charge in [-0.2, -0.15) is 0 Å². The van der Waals surface area contributed by atoms with Gasteiger partial charge in [0.25, 0.3) is 5.91 Å². The molecule has 5 heteroatoms. The lowest BCUT2D eigenvalue weighted by molar-refractivity contribution is -0.118. The van der Waals surface area contributed by atoms with Crippen LogP contribution in [0.5, 0.6) is 5.75 Å². The largest absolute Gasteiger partial charge is 0.484 e. The summed E-state index contributed by atoms with van der Waals surface area (Å²) in [4.78, 5) is 16.3. The monoisotopic (exact) mass is 309 g/mol. The fraction of sp³-hybridized carbons (Fsp3) is 0.222. The number of anilines is 1. The quantitative estimate of drug-likeness (QED) is 0.787. The maximum Gasteiger partial charge on any atom is 0.262 e. The number of pyridine rings is 1. The zero-order chi connectivity index (χ0) is 16.2. The Morgan fingerprint density at radius 3 is 2.70 bits per heavy atom. The first-order valence-corrected chi connectivity index (χ1v) is 7.61. The van der Waals surface area contributed by atoms with E-state index in [0.717, 1.165) is 17.8 Å². The van der Waals surface area contributed by atoms with Crippen LogP contribution in [0.1, 0.15) is 18.2 Å². The van der Waals surface area contributed by atoms with E-state index in [4.69, 9.17) is 4.74 Å². The van der Waals surface area contributed by atoms with Gasteiger partial charge in [-0.3, -0.25) is 4.79 Å². The second-order valence-electron chi connectivity index (χ2n) is 5.40. The van der Waals surface area contributed by atoms with Crippen LogP contribution in [0.2, 0.25) is 0 Å². The van der Waals surface area contributed by atoms with Gasteiger partial charge in [0, 0.05) is 12.4 Å². The molecule has 3 aromatic rings. The lowest BCUT2D eigenvalue weighted by atomic mass is 10.2. The minimum atomic E-state index is -0.194. The van der Waals surface area contributed by atoms with Gasteiger partial charge in [-0.05, 0) is 43.2 Å². The molecule has 0 atom stereocenters. The van der Waals surface area contributed by atoms with Crippen molar-refractivity contribution in [2.75, 3.05) is 11.9 Å². The summed E-state index contributed by atoms with van der Waals surface area (Å²) in [5, 5.41) is 2.82. The summed E-state index contributed by atoms with van der Waals surface area (Å²) in [5.74, 6) is 0.499. The van der Waals surface area contributed by atoms with Crippen LogP contribution in [0.4, 0.5) is 5.69 Å². The summed E-state index contributed by atoms with van der Waals surface area (Å²) in [7, 11) is 0. The van der Waals surface area contributed by atoms with Crippen molar-refractivity contribution in [3.63, 3.8) is 0 Å². The number of hydrogen-bond acceptors (Lipinski definition) is 3. The molecule has 2 heterocycles. The maximum atomic E-state index is 12.0. The zero-order valence-corrected chi connectivity index (χ0v) is 13.2. The van der Waals surface area contributed by atoms with Gasteiger partial charge in [-0.25, -0.2) is 4.98 Å². The molecule has 2 aromatic heterocycles. The van der Waals surface area contributed by atoms with E-state index in [0.29, 0.717) is 11.4 Å². The molecular weight excluding hydrogens is 290 g/mol. The minimum absolute atomic E-state index is 0.0214. The number of carbonyl (C=O) groups is 1. The van der Waals surface area contributed by atoms with Gasteiger partial charge in [-0.15, -0.1) is 0 Å². The third kappa shape index (κ3) is 3.69. The van der Waals surface area contributed by atoms with Crippen molar-refractivity contribution in [2.24, 2.45) is 0 Å². The molecule has 0 unspecified atom stereocenters. The predicted octanol–water partition coefficient (Wildman–Crippen LogP) is 3.22. The standard InChI is InChI=1S/C18H19N3O2/c1-3-14-4-7-16(8-5-14)23-12-18(22)20-15-6-9-17-19-13(2)10-21(17)11-15/h4-11H,3,12H2,1-2H3,(H,20,22). The highest BCUT2D eigenvalue weighted by Crippen LogP contribution is 2.14. The highest BCUT2D eigenvalue weighted by molar-refractivity contribution is 5.91. The number of imidazole rings is 1. The van der Waals surface area contributed by atoms with Crippen molar-refractivity contribution in [1.82, 2.24) is 9.38 Å². The van der Waals surface area contributed by atoms with E-state index in [9.17, 15) is 4.79 Å². The molecule has 1 aromatic carbocycles. The number of aromatic nitrogens is 2. The number of rotatable bonds is 5. The molecule has 1 N–H and O–H groups in total. The number of carbonyl (C=O) groups excluding carboxylic acids is 1. The highest BCUT2D eigenvalue weighted by atomic mass is 16.5. The van der Waals surface area contributed by atoms with E-state index in [2.05, 4.69) is 17.2 Å². The van der Waals surface area contributed by atoms with Crippen molar-refractivity contribution < 1.29 is 9.53 Å². The first-order chi connectivity index (χ1) is 11.1. The normalized spacial score (nSPS) is 10.7. The topological polar surface area (TPSA) is 55.6 Å². The number of nitrogens with zero attached hydrogens (tertiary/aromatic N) is 2. The summed E-state index contributed by atoms with van der Waals surface area (Å²) < 4.78 is 7.38. The van der Waals surface area contributed by atoms with E-state index in [1.807, 2.05) is 60.1 Å². The Hall–Kier alpha value is -2.82. The molecule has 0 aliphatic carbocycles. The van der Waals surface area contributed by atoms with E-state index in [1.165, 1.54) is 5.56 Å². The first kappa shape index (κ1) is 15.1. The van der Waals surface area contributed by atoms with Crippen molar-refractivity contribution in [2.45, 2.75) is 20.3 Å². The third-order valence-corrected chi connectivity index (χ3v) is 3.56. The van der Waals surface area contributed by atoms with Crippen LogP contribution in [0, 0.1) is 6.92 Å². The summed E-state index contributed by atoms with van der Waals surface area (Å²) in [6.45, 7) is 4.01. The number of amides is 1. The van der Waals surface area contributed by atoms with E-state index < -0.39 is 0 Å². The van der Waals surface area contributed by atoms with Gasteiger partial charge in [0.1, 0.15) is 11.4 Å². The Kier molecular flexibility index (Phi) is 4.28. The number of hydrogen-bond donors (Lipinski definition) is 1. The summed E-state index contributed by atoms with van der Waals surface area (Å²) in [6.07, 6.45) is 4.73. The third-order valence-electron chi connectivity index (χ3n) is 3.56. The number of nitrogens with one attached hydrogen (secondary N) is 1. The molecule has 1 amide bonds. The van der Waals surface area contributed by atoms with Crippen molar-refractivity contribution in [1.29, 1.82) is 0 Å². The van der Waals surface area contributed by atoms with Gasteiger partial charge in [0.2, 0.25) is 0 Å². The molecule has 23 heavy (non-hydrogen) atoms. The van der Waals surface area contributed by atoms with Crippen LogP contribution >= 0.6 is 0 Å². The Labute approximate surface area is 134 Å². The molecule has 0 radical (unpaired) electrons. The minimum Gasteiger partial charge on any atom is -0.484 e. The second-order valence-corrected chi connectivity index (χ2v) is 5.40. The van der Waals surface area contributed by atoms with Gasteiger partial charge >= 0.3 is 0 Å². The summed E-state index contributed by atoms with van der Waals surface area (Å²) in [6, 6.07) is 11.5. The molecule has 5 nitrogen and oxygen atoms in total. The fourth-order valence-corrected chi connectivity index (χ4v) is 2.36. The Morgan fingerprint density at radius 2 is 1.96 bits per heavy atom. The van der Waals surface area contributed by atoms with Crippen LogP contribution in [0.25, 0.3) is 5.65 Å². The molecule has 0 aliphatic rings. The molecule has 0 spiro atoms. The van der Waals surface area contributed by atoms with E-state index >= 15 is 0 Å². The molecule has 0 saturated carbocycles. The number of ether oxygens (including phenoxy) is 1. The lowest BCUT2D eigenvalue weighted by Gasteiger charge is -2.08. The smallest absolute Gasteiger partial charge is 0.262 e. The van der Waals surface area contributed by atoms with Crippen LogP contribution in [0.3, 0.4) is 0 Å². The average Bonchev–Trinajstić information content (AvgIpc) is 2.92. The fourth-order valence-electron chi connectivity index (χ4n) is 2.36. The van der Waals surface area contributed by atoms with Crippen molar-refractivity contribution in [3.8, 4) is 5.75 Å². The van der Waals surface area contributed by atoms with Crippen LogP contribution in [-0.4, -0.2) is 21.9 Å². The molecular formula is C18H19N3O2. The van der Waals surface area contributed by atoms with Crippen LogP contribution < -0.4 is 10.1 Å². The van der Waals surface area contributed by atoms with Crippen molar-refractivity contribution >= 4 is 17.2 Å². The van der Waals surface area contributed by atoms with E-state index in [1.54, 1.807) is 0 Å². The maximum absolute atomic E-state index is 12.0. The number of aryl methyl sites for hydroxylation is 2. The van der Waals surface area contributed by atoms with E-state index in [-0.39, 0.29) is 12.5 Å². The molecule has 0 aliphatic heterocycles.